The highest BCUT2D eigenvalue weighted by Gasteiger charge is 2.34. The minimum Gasteiger partial charge on any atom is -0.493 e. The van der Waals surface area contributed by atoms with E-state index >= 15 is 0 Å². The first-order valence-electron chi connectivity index (χ1n) is 6.86. The molecule has 0 radical (unpaired) electrons. The van der Waals surface area contributed by atoms with Gasteiger partial charge >= 0.3 is 6.36 Å². The smallest absolute Gasteiger partial charge is 0.493 e. The zero-order valence-electron chi connectivity index (χ0n) is 13.4. The summed E-state index contributed by atoms with van der Waals surface area (Å²) in [5, 5.41) is 0. The van der Waals surface area contributed by atoms with Gasteiger partial charge in [-0.05, 0) is 30.3 Å². The summed E-state index contributed by atoms with van der Waals surface area (Å²) in [4.78, 5) is -0.692. The fourth-order valence-electron chi connectivity index (χ4n) is 2.08. The molecule has 0 aliphatic carbocycles. The minimum atomic E-state index is -5.06. The van der Waals surface area contributed by atoms with Crippen LogP contribution in [0.3, 0.4) is 0 Å². The van der Waals surface area contributed by atoms with Crippen molar-refractivity contribution < 1.29 is 35.8 Å². The molecule has 0 aromatic heterocycles. The zero-order chi connectivity index (χ0) is 19.5. The highest BCUT2D eigenvalue weighted by atomic mass is 79.9. The number of para-hydroxylation sites is 1. The SMILES string of the molecule is COc1cccc(NS(=O)(=O)c2ccc(Br)cc2OC(F)(F)F)c1OC. The van der Waals surface area contributed by atoms with Gasteiger partial charge < -0.3 is 14.2 Å². The van der Waals surface area contributed by atoms with E-state index in [1.165, 1.54) is 38.5 Å². The Balaban J connectivity index is 2.50. The van der Waals surface area contributed by atoms with Crippen molar-refractivity contribution >= 4 is 31.6 Å². The van der Waals surface area contributed by atoms with Gasteiger partial charge in [-0.25, -0.2) is 8.42 Å². The Bertz CT molecular complexity index is 903. The standard InChI is InChI=1S/C15H13BrF3NO5S/c1-23-11-5-3-4-10(14(11)24-2)20-26(21,22)13-7-6-9(16)8-12(13)25-15(17,18)19/h3-8,20H,1-2H3. The average Bonchev–Trinajstić information content (AvgIpc) is 2.52. The van der Waals surface area contributed by atoms with Crippen LogP contribution in [0.15, 0.2) is 45.8 Å². The van der Waals surface area contributed by atoms with E-state index in [-0.39, 0.29) is 21.7 Å². The predicted molar refractivity (Wildman–Crippen MR) is 91.2 cm³/mol. The molecule has 0 atom stereocenters. The molecule has 0 aliphatic heterocycles. The van der Waals surface area contributed by atoms with Crippen molar-refractivity contribution in [3.63, 3.8) is 0 Å². The molecule has 0 aliphatic rings. The van der Waals surface area contributed by atoms with E-state index in [1.54, 1.807) is 0 Å². The Morgan fingerprint density at radius 1 is 1.04 bits per heavy atom. The van der Waals surface area contributed by atoms with Crippen molar-refractivity contribution in [2.75, 3.05) is 18.9 Å². The number of ether oxygens (including phenoxy) is 3. The van der Waals surface area contributed by atoms with Gasteiger partial charge in [0.15, 0.2) is 17.2 Å². The van der Waals surface area contributed by atoms with Gasteiger partial charge in [0.2, 0.25) is 0 Å². The topological polar surface area (TPSA) is 73.9 Å². The van der Waals surface area contributed by atoms with Crippen LogP contribution in [-0.4, -0.2) is 29.0 Å². The summed E-state index contributed by atoms with van der Waals surface area (Å²) < 4.78 is 79.4. The molecule has 0 heterocycles. The molecule has 0 fully saturated rings. The van der Waals surface area contributed by atoms with Crippen molar-refractivity contribution in [2.45, 2.75) is 11.3 Å². The van der Waals surface area contributed by atoms with E-state index in [2.05, 4.69) is 25.4 Å². The highest BCUT2D eigenvalue weighted by Crippen LogP contribution is 2.38. The maximum Gasteiger partial charge on any atom is 0.573 e. The molecule has 1 N–H and O–H groups in total. The van der Waals surface area contributed by atoms with Crippen molar-refractivity contribution in [1.29, 1.82) is 0 Å². The second-order valence-corrected chi connectivity index (χ2v) is 7.35. The molecule has 11 heteroatoms. The first-order chi connectivity index (χ1) is 12.1. The molecular formula is C15H13BrF3NO5S. The molecule has 2 aromatic rings. The van der Waals surface area contributed by atoms with Gasteiger partial charge in [0.05, 0.1) is 19.9 Å². The van der Waals surface area contributed by atoms with Gasteiger partial charge in [-0.1, -0.05) is 22.0 Å². The Morgan fingerprint density at radius 2 is 1.73 bits per heavy atom. The van der Waals surface area contributed by atoms with Gasteiger partial charge in [-0.3, -0.25) is 4.72 Å². The number of benzene rings is 2. The molecule has 0 bridgehead atoms. The van der Waals surface area contributed by atoms with Crippen molar-refractivity contribution in [3.05, 3.63) is 40.9 Å². The number of alkyl halides is 3. The molecule has 6 nitrogen and oxygen atoms in total. The molecule has 2 rings (SSSR count). The molecule has 2 aromatic carbocycles. The summed E-state index contributed by atoms with van der Waals surface area (Å²) in [6.45, 7) is 0. The van der Waals surface area contributed by atoms with Crippen LogP contribution in [0.25, 0.3) is 0 Å². The van der Waals surface area contributed by atoms with Gasteiger partial charge in [0, 0.05) is 4.47 Å². The van der Waals surface area contributed by atoms with Crippen LogP contribution in [-0.2, 0) is 10.0 Å². The fraction of sp³-hybridized carbons (Fsp3) is 0.200. The lowest BCUT2D eigenvalue weighted by Gasteiger charge is -2.17. The summed E-state index contributed by atoms with van der Waals surface area (Å²) in [5.74, 6) is -0.550. The molecular weight excluding hydrogens is 443 g/mol. The maximum absolute atomic E-state index is 12.6. The molecule has 0 amide bonds. The lowest BCUT2D eigenvalue weighted by molar-refractivity contribution is -0.275. The molecule has 0 saturated carbocycles. The van der Waals surface area contributed by atoms with Crippen molar-refractivity contribution in [2.24, 2.45) is 0 Å². The van der Waals surface area contributed by atoms with E-state index in [9.17, 15) is 21.6 Å². The van der Waals surface area contributed by atoms with Crippen LogP contribution >= 0.6 is 15.9 Å². The second kappa shape index (κ2) is 7.62. The van der Waals surface area contributed by atoms with Crippen LogP contribution < -0.4 is 18.9 Å². The third-order valence-electron chi connectivity index (χ3n) is 3.07. The van der Waals surface area contributed by atoms with Gasteiger partial charge in [-0.15, -0.1) is 13.2 Å². The molecule has 0 saturated heterocycles. The number of sulfonamides is 1. The Morgan fingerprint density at radius 3 is 2.31 bits per heavy atom. The lowest BCUT2D eigenvalue weighted by Crippen LogP contribution is -2.21. The van der Waals surface area contributed by atoms with E-state index in [1.807, 2.05) is 0 Å². The lowest BCUT2D eigenvalue weighted by atomic mass is 10.3. The first kappa shape index (κ1) is 20.2. The monoisotopic (exact) mass is 455 g/mol. The number of rotatable bonds is 6. The van der Waals surface area contributed by atoms with Crippen LogP contribution in [0.2, 0.25) is 0 Å². The Hall–Kier alpha value is -2.14. The largest absolute Gasteiger partial charge is 0.573 e. The number of halogens is 4. The van der Waals surface area contributed by atoms with Crippen LogP contribution in [0, 0.1) is 0 Å². The summed E-state index contributed by atoms with van der Waals surface area (Å²) >= 11 is 2.98. The fourth-order valence-corrected chi connectivity index (χ4v) is 3.59. The maximum atomic E-state index is 12.6. The Kier molecular flexibility index (Phi) is 5.91. The normalized spacial score (nSPS) is 11.8. The quantitative estimate of drug-likeness (QED) is 0.707. The summed E-state index contributed by atoms with van der Waals surface area (Å²) in [6, 6.07) is 7.58. The van der Waals surface area contributed by atoms with E-state index in [0.29, 0.717) is 0 Å². The third-order valence-corrected chi connectivity index (χ3v) is 4.97. The zero-order valence-corrected chi connectivity index (χ0v) is 15.8. The highest BCUT2D eigenvalue weighted by molar-refractivity contribution is 9.10. The number of methoxy groups -OCH3 is 2. The molecule has 0 unspecified atom stereocenters. The third kappa shape index (κ3) is 4.73. The van der Waals surface area contributed by atoms with Gasteiger partial charge in [0.1, 0.15) is 4.90 Å². The molecule has 26 heavy (non-hydrogen) atoms. The minimum absolute atomic E-state index is 0.00673. The molecule has 142 valence electrons. The van der Waals surface area contributed by atoms with E-state index < -0.39 is 27.0 Å². The second-order valence-electron chi connectivity index (χ2n) is 4.79. The van der Waals surface area contributed by atoms with Crippen molar-refractivity contribution in [1.82, 2.24) is 0 Å². The van der Waals surface area contributed by atoms with E-state index in [0.717, 1.165) is 12.1 Å². The average molecular weight is 456 g/mol. The predicted octanol–water partition coefficient (Wildman–Crippen LogP) is 4.17. The number of hydrogen-bond acceptors (Lipinski definition) is 5. The molecule has 0 spiro atoms. The van der Waals surface area contributed by atoms with Crippen LogP contribution in [0.1, 0.15) is 0 Å². The Labute approximate surface area is 156 Å². The number of nitrogens with one attached hydrogen (secondary N) is 1. The van der Waals surface area contributed by atoms with Crippen LogP contribution in [0.4, 0.5) is 18.9 Å². The van der Waals surface area contributed by atoms with Crippen molar-refractivity contribution in [3.8, 4) is 17.2 Å². The number of anilines is 1. The van der Waals surface area contributed by atoms with Gasteiger partial charge in [0.25, 0.3) is 10.0 Å². The summed E-state index contributed by atoms with van der Waals surface area (Å²) in [7, 11) is -1.76. The summed E-state index contributed by atoms with van der Waals surface area (Å²) in [6.07, 6.45) is -5.06. The first-order valence-corrected chi connectivity index (χ1v) is 9.14. The van der Waals surface area contributed by atoms with Gasteiger partial charge in [-0.2, -0.15) is 0 Å². The van der Waals surface area contributed by atoms with E-state index in [4.69, 9.17) is 9.47 Å². The summed E-state index contributed by atoms with van der Waals surface area (Å²) in [5.41, 5.74) is -0.00673. The number of hydrogen-bond donors (Lipinski definition) is 1. The van der Waals surface area contributed by atoms with Crippen LogP contribution in [0.5, 0.6) is 17.2 Å².